The van der Waals surface area contributed by atoms with Crippen LogP contribution in [0.2, 0.25) is 0 Å². The highest BCUT2D eigenvalue weighted by atomic mass is 32.2. The van der Waals surface area contributed by atoms with Gasteiger partial charge in [0.15, 0.2) is 5.96 Å². The lowest BCUT2D eigenvalue weighted by atomic mass is 9.98. The molecule has 6 N–H and O–H groups in total. The second kappa shape index (κ2) is 12.6. The van der Waals surface area contributed by atoms with Crippen LogP contribution < -0.4 is 15.8 Å². The quantitative estimate of drug-likeness (QED) is 0.183. The van der Waals surface area contributed by atoms with Crippen LogP contribution in [-0.4, -0.2) is 85.8 Å². The number of fused-ring (bicyclic) bond motifs is 1. The Morgan fingerprint density at radius 3 is 2.50 bits per heavy atom. The van der Waals surface area contributed by atoms with E-state index < -0.39 is 46.8 Å². The van der Waals surface area contributed by atoms with Crippen molar-refractivity contribution >= 4 is 44.5 Å². The summed E-state index contributed by atoms with van der Waals surface area (Å²) in [5.74, 6) is -2.34. The number of rotatable bonds is 12. The summed E-state index contributed by atoms with van der Waals surface area (Å²) >= 11 is 0. The molecule has 13 heteroatoms. The number of carbonyl (C=O) groups is 3. The number of sulfonamides is 1. The Kier molecular flexibility index (Phi) is 9.25. The van der Waals surface area contributed by atoms with Gasteiger partial charge in [0.05, 0.1) is 11.3 Å². The molecule has 0 bridgehead atoms. The molecule has 1 aliphatic heterocycles. The topological polar surface area (TPSA) is 186 Å². The Morgan fingerprint density at radius 2 is 1.82 bits per heavy atom. The predicted molar refractivity (Wildman–Crippen MR) is 149 cm³/mol. The Labute approximate surface area is 233 Å². The van der Waals surface area contributed by atoms with Crippen molar-refractivity contribution in [2.24, 2.45) is 17.6 Å². The van der Waals surface area contributed by atoms with Crippen LogP contribution in [0, 0.1) is 17.2 Å². The molecule has 1 aliphatic carbocycles. The molecule has 40 heavy (non-hydrogen) atoms. The van der Waals surface area contributed by atoms with E-state index in [-0.39, 0.29) is 35.8 Å². The standard InChI is InChI=1S/C27H36N6O6S/c28-27(29)32-11-3-4-19(16-32)14-30-24(34)13-23(26(37)33(17-25(35)36)15-18-7-8-18)31-40(38,39)22-10-9-20-5-1-2-6-21(20)12-22/h1-2,5-6,9-10,12,18-19,23,31H,3-4,7-8,11,13-17H2,(H3,28,29)(H,30,34)(H,35,36)/t19-,23-/m0/s1. The number of nitrogens with zero attached hydrogens (tertiary/aromatic N) is 2. The number of amides is 2. The molecule has 216 valence electrons. The van der Waals surface area contributed by atoms with Gasteiger partial charge in [-0.25, -0.2) is 8.42 Å². The third-order valence-electron chi connectivity index (χ3n) is 7.28. The van der Waals surface area contributed by atoms with Crippen molar-refractivity contribution in [3.63, 3.8) is 0 Å². The van der Waals surface area contributed by atoms with Crippen LogP contribution >= 0.6 is 0 Å². The molecule has 1 heterocycles. The van der Waals surface area contributed by atoms with Crippen molar-refractivity contribution in [2.45, 2.75) is 43.0 Å². The molecule has 1 saturated heterocycles. The lowest BCUT2D eigenvalue weighted by molar-refractivity contribution is -0.145. The molecule has 1 saturated carbocycles. The fourth-order valence-electron chi connectivity index (χ4n) is 4.96. The van der Waals surface area contributed by atoms with E-state index in [1.165, 1.54) is 12.1 Å². The van der Waals surface area contributed by atoms with Crippen molar-refractivity contribution in [3.8, 4) is 0 Å². The predicted octanol–water partition coefficient (Wildman–Crippen LogP) is 0.922. The minimum absolute atomic E-state index is 0.0287. The number of benzene rings is 2. The lowest BCUT2D eigenvalue weighted by Gasteiger charge is -2.33. The van der Waals surface area contributed by atoms with Crippen molar-refractivity contribution in [3.05, 3.63) is 42.5 Å². The molecule has 4 rings (SSSR count). The average molecular weight is 573 g/mol. The van der Waals surface area contributed by atoms with E-state index in [1.54, 1.807) is 23.1 Å². The maximum Gasteiger partial charge on any atom is 0.323 e. The third kappa shape index (κ3) is 7.92. The van der Waals surface area contributed by atoms with Crippen LogP contribution in [-0.2, 0) is 24.4 Å². The number of nitrogens with two attached hydrogens (primary N) is 1. The number of carboxylic acids is 1. The number of likely N-dealkylation sites (tertiary alicyclic amines) is 1. The molecule has 0 aromatic heterocycles. The van der Waals surface area contributed by atoms with Gasteiger partial charge in [-0.2, -0.15) is 4.72 Å². The second-order valence-corrected chi connectivity index (χ2v) is 12.3. The number of aliphatic carboxylic acids is 1. The molecule has 2 aromatic carbocycles. The Balaban J connectivity index is 1.51. The third-order valence-corrected chi connectivity index (χ3v) is 8.75. The number of hydrogen-bond acceptors (Lipinski definition) is 6. The first-order valence-electron chi connectivity index (χ1n) is 13.4. The summed E-state index contributed by atoms with van der Waals surface area (Å²) in [5.41, 5.74) is 5.60. The molecule has 2 fully saturated rings. The minimum atomic E-state index is -4.24. The molecule has 2 aliphatic rings. The Bertz CT molecular complexity index is 1380. The molecule has 0 unspecified atom stereocenters. The molecule has 0 spiro atoms. The Morgan fingerprint density at radius 1 is 1.10 bits per heavy atom. The van der Waals surface area contributed by atoms with E-state index in [0.29, 0.717) is 18.5 Å². The fraction of sp³-hybridized carbons (Fsp3) is 0.481. The van der Waals surface area contributed by atoms with Gasteiger partial charge in [0, 0.05) is 26.2 Å². The van der Waals surface area contributed by atoms with Crippen LogP contribution in [0.1, 0.15) is 32.1 Å². The average Bonchev–Trinajstić information content (AvgIpc) is 3.74. The molecular weight excluding hydrogens is 536 g/mol. The van der Waals surface area contributed by atoms with Gasteiger partial charge in [-0.3, -0.25) is 19.8 Å². The monoisotopic (exact) mass is 572 g/mol. The van der Waals surface area contributed by atoms with Crippen LogP contribution in [0.15, 0.2) is 47.4 Å². The van der Waals surface area contributed by atoms with Gasteiger partial charge < -0.3 is 26.0 Å². The van der Waals surface area contributed by atoms with Crippen LogP contribution in [0.5, 0.6) is 0 Å². The summed E-state index contributed by atoms with van der Waals surface area (Å²) in [4.78, 5) is 40.8. The van der Waals surface area contributed by atoms with Gasteiger partial charge in [-0.15, -0.1) is 0 Å². The van der Waals surface area contributed by atoms with E-state index in [0.717, 1.165) is 36.0 Å². The van der Waals surface area contributed by atoms with Crippen molar-refractivity contribution in [1.29, 1.82) is 5.41 Å². The van der Waals surface area contributed by atoms with E-state index in [1.807, 2.05) is 12.1 Å². The van der Waals surface area contributed by atoms with E-state index in [9.17, 15) is 27.9 Å². The highest BCUT2D eigenvalue weighted by Gasteiger charge is 2.35. The normalized spacial score (nSPS) is 18.2. The number of piperidine rings is 1. The Hall–Kier alpha value is -3.71. The number of carboxylic acid groups (broad SMARTS) is 1. The molecule has 2 amide bonds. The molecule has 12 nitrogen and oxygen atoms in total. The van der Waals surface area contributed by atoms with Crippen LogP contribution in [0.4, 0.5) is 0 Å². The summed E-state index contributed by atoms with van der Waals surface area (Å²) in [5, 5.41) is 21.4. The smallest absolute Gasteiger partial charge is 0.323 e. The largest absolute Gasteiger partial charge is 0.480 e. The first kappa shape index (κ1) is 29.3. The van der Waals surface area contributed by atoms with Crippen LogP contribution in [0.3, 0.4) is 0 Å². The van der Waals surface area contributed by atoms with E-state index in [4.69, 9.17) is 11.1 Å². The van der Waals surface area contributed by atoms with Crippen LogP contribution in [0.25, 0.3) is 10.8 Å². The van der Waals surface area contributed by atoms with E-state index >= 15 is 0 Å². The zero-order chi connectivity index (χ0) is 28.9. The highest BCUT2D eigenvalue weighted by molar-refractivity contribution is 7.89. The maximum absolute atomic E-state index is 13.5. The summed E-state index contributed by atoms with van der Waals surface area (Å²) in [6, 6.07) is 10.3. The minimum Gasteiger partial charge on any atom is -0.480 e. The van der Waals surface area contributed by atoms with Gasteiger partial charge in [-0.05, 0) is 60.4 Å². The number of nitrogens with one attached hydrogen (secondary N) is 3. The zero-order valence-electron chi connectivity index (χ0n) is 22.2. The van der Waals surface area contributed by atoms with Gasteiger partial charge in [0.1, 0.15) is 12.6 Å². The van der Waals surface area contributed by atoms with Gasteiger partial charge in [-0.1, -0.05) is 30.3 Å². The first-order valence-corrected chi connectivity index (χ1v) is 14.9. The summed E-state index contributed by atoms with van der Waals surface area (Å²) in [6.45, 7) is 1.06. The molecule has 2 aromatic rings. The SMILES string of the molecule is N=C(N)N1CCC[C@@H](CNC(=O)C[C@H](NS(=O)(=O)c2ccc3ccccc3c2)C(=O)N(CC(=O)O)CC2CC2)C1. The van der Waals surface area contributed by atoms with Gasteiger partial charge in [0.25, 0.3) is 0 Å². The fourth-order valence-corrected chi connectivity index (χ4v) is 6.19. The second-order valence-electron chi connectivity index (χ2n) is 10.6. The number of hydrogen-bond donors (Lipinski definition) is 5. The lowest BCUT2D eigenvalue weighted by Crippen LogP contribution is -2.52. The number of carbonyl (C=O) groups excluding carboxylic acids is 2. The first-order chi connectivity index (χ1) is 19.0. The molecule has 0 radical (unpaired) electrons. The zero-order valence-corrected chi connectivity index (χ0v) is 23.0. The van der Waals surface area contributed by atoms with E-state index in [2.05, 4.69) is 10.0 Å². The summed E-state index contributed by atoms with van der Waals surface area (Å²) in [7, 11) is -4.24. The molecular formula is C27H36N6O6S. The van der Waals surface area contributed by atoms with Gasteiger partial charge >= 0.3 is 5.97 Å². The summed E-state index contributed by atoms with van der Waals surface area (Å²) < 4.78 is 29.2. The van der Waals surface area contributed by atoms with Crippen molar-refractivity contribution in [1.82, 2.24) is 19.8 Å². The maximum atomic E-state index is 13.5. The molecule has 2 atom stereocenters. The van der Waals surface area contributed by atoms with Crippen molar-refractivity contribution in [2.75, 3.05) is 32.7 Å². The summed E-state index contributed by atoms with van der Waals surface area (Å²) in [6.07, 6.45) is 2.87. The highest BCUT2D eigenvalue weighted by Crippen LogP contribution is 2.30. The number of guanidine groups is 1. The van der Waals surface area contributed by atoms with Gasteiger partial charge in [0.2, 0.25) is 21.8 Å². The van der Waals surface area contributed by atoms with Crippen molar-refractivity contribution < 1.29 is 27.9 Å².